The molecule has 0 amide bonds. The summed E-state index contributed by atoms with van der Waals surface area (Å²) in [4.78, 5) is 6.77. The molecule has 1 fully saturated rings. The largest absolute Gasteiger partial charge is 0.398 e. The van der Waals surface area contributed by atoms with Crippen LogP contribution < -0.4 is 5.73 Å². The SMILES string of the molecule is N=C(Cc1cccc(CN2CCOCC2)c1)C(=N)c1cc(-c2cncc3ccccc23)ccc1N. The number of pyridine rings is 1. The first-order valence-corrected chi connectivity index (χ1v) is 11.9. The van der Waals surface area contributed by atoms with Gasteiger partial charge < -0.3 is 15.9 Å². The number of hydrogen-bond donors (Lipinski definition) is 3. The molecule has 6 heteroatoms. The highest BCUT2D eigenvalue weighted by Crippen LogP contribution is 2.30. The lowest BCUT2D eigenvalue weighted by Crippen LogP contribution is -2.35. The molecule has 0 bridgehead atoms. The van der Waals surface area contributed by atoms with Crippen LogP contribution in [-0.4, -0.2) is 47.6 Å². The molecule has 3 aromatic carbocycles. The summed E-state index contributed by atoms with van der Waals surface area (Å²) in [5, 5.41) is 19.6. The molecule has 1 aromatic heterocycles. The lowest BCUT2D eigenvalue weighted by Gasteiger charge is -2.26. The van der Waals surface area contributed by atoms with Gasteiger partial charge in [0.25, 0.3) is 0 Å². The van der Waals surface area contributed by atoms with Gasteiger partial charge in [-0.05, 0) is 34.2 Å². The maximum atomic E-state index is 8.76. The van der Waals surface area contributed by atoms with Gasteiger partial charge in [0.05, 0.1) is 24.6 Å². The predicted molar refractivity (Wildman–Crippen MR) is 142 cm³/mol. The Hall–Kier alpha value is -3.87. The molecule has 0 radical (unpaired) electrons. The molecule has 5 rings (SSSR count). The average molecular weight is 464 g/mol. The maximum absolute atomic E-state index is 8.76. The van der Waals surface area contributed by atoms with Crippen molar-refractivity contribution in [3.63, 3.8) is 0 Å². The number of anilines is 1. The summed E-state index contributed by atoms with van der Waals surface area (Å²) in [6.45, 7) is 4.29. The van der Waals surface area contributed by atoms with E-state index in [1.165, 1.54) is 5.56 Å². The zero-order valence-corrected chi connectivity index (χ0v) is 19.6. The van der Waals surface area contributed by atoms with Gasteiger partial charge in [-0.15, -0.1) is 0 Å². The minimum absolute atomic E-state index is 0.149. The normalized spacial score (nSPS) is 14.2. The monoisotopic (exact) mass is 463 g/mol. The number of aromatic nitrogens is 1. The van der Waals surface area contributed by atoms with Crippen LogP contribution in [0.3, 0.4) is 0 Å². The lowest BCUT2D eigenvalue weighted by atomic mass is 9.94. The van der Waals surface area contributed by atoms with Crippen LogP contribution in [-0.2, 0) is 17.7 Å². The number of nitrogens with zero attached hydrogens (tertiary/aromatic N) is 2. The Morgan fingerprint density at radius 2 is 1.71 bits per heavy atom. The Kier molecular flexibility index (Phi) is 6.66. The number of ether oxygens (including phenoxy) is 1. The first-order chi connectivity index (χ1) is 17.1. The van der Waals surface area contributed by atoms with E-state index in [4.69, 9.17) is 21.3 Å². The highest BCUT2D eigenvalue weighted by Gasteiger charge is 2.16. The highest BCUT2D eigenvalue weighted by atomic mass is 16.5. The van der Waals surface area contributed by atoms with Crippen LogP contribution in [0.5, 0.6) is 0 Å². The summed E-state index contributed by atoms with van der Waals surface area (Å²) in [5.41, 5.74) is 11.9. The van der Waals surface area contributed by atoms with Crippen molar-refractivity contribution >= 4 is 27.9 Å². The zero-order valence-electron chi connectivity index (χ0n) is 19.6. The van der Waals surface area contributed by atoms with Crippen molar-refractivity contribution in [3.05, 3.63) is 95.8 Å². The number of nitrogen functional groups attached to an aromatic ring is 1. The summed E-state index contributed by atoms with van der Waals surface area (Å²) < 4.78 is 5.44. The highest BCUT2D eigenvalue weighted by molar-refractivity contribution is 6.47. The van der Waals surface area contributed by atoms with Crippen LogP contribution in [0, 0.1) is 10.8 Å². The molecule has 4 aromatic rings. The number of nitrogens with two attached hydrogens (primary N) is 1. The van der Waals surface area contributed by atoms with E-state index in [2.05, 4.69) is 28.1 Å². The Morgan fingerprint density at radius 1 is 0.914 bits per heavy atom. The first-order valence-electron chi connectivity index (χ1n) is 11.9. The molecule has 4 N–H and O–H groups in total. The number of hydrogen-bond acceptors (Lipinski definition) is 6. The van der Waals surface area contributed by atoms with Gasteiger partial charge >= 0.3 is 0 Å². The predicted octanol–water partition coefficient (Wildman–Crippen LogP) is 4.95. The maximum Gasteiger partial charge on any atom is 0.0844 e. The van der Waals surface area contributed by atoms with Gasteiger partial charge in [0.15, 0.2) is 0 Å². The average Bonchev–Trinajstić information content (AvgIpc) is 2.89. The molecule has 35 heavy (non-hydrogen) atoms. The third-order valence-electron chi connectivity index (χ3n) is 6.49. The number of morpholine rings is 1. The Bertz CT molecular complexity index is 1390. The molecular formula is C29H29N5O. The third kappa shape index (κ3) is 5.14. The van der Waals surface area contributed by atoms with Crippen LogP contribution in [0.15, 0.2) is 79.1 Å². The van der Waals surface area contributed by atoms with E-state index in [9.17, 15) is 0 Å². The lowest BCUT2D eigenvalue weighted by molar-refractivity contribution is 0.0342. The quantitative estimate of drug-likeness (QED) is 0.267. The van der Waals surface area contributed by atoms with Crippen LogP contribution >= 0.6 is 0 Å². The number of nitrogens with one attached hydrogen (secondary N) is 2. The van der Waals surface area contributed by atoms with E-state index >= 15 is 0 Å². The molecular weight excluding hydrogens is 434 g/mol. The van der Waals surface area contributed by atoms with Crippen molar-refractivity contribution < 1.29 is 4.74 Å². The first kappa shape index (κ1) is 22.9. The van der Waals surface area contributed by atoms with Crippen molar-refractivity contribution in [1.29, 1.82) is 10.8 Å². The minimum Gasteiger partial charge on any atom is -0.398 e. The van der Waals surface area contributed by atoms with Crippen molar-refractivity contribution in [2.75, 3.05) is 32.0 Å². The summed E-state index contributed by atoms with van der Waals surface area (Å²) in [5.74, 6) is 0. The van der Waals surface area contributed by atoms with E-state index < -0.39 is 0 Å². The molecule has 0 atom stereocenters. The van der Waals surface area contributed by atoms with E-state index in [0.717, 1.165) is 60.3 Å². The zero-order chi connectivity index (χ0) is 24.2. The smallest absolute Gasteiger partial charge is 0.0844 e. The fraction of sp³-hybridized carbons (Fsp3) is 0.207. The van der Waals surface area contributed by atoms with Crippen molar-refractivity contribution in [1.82, 2.24) is 9.88 Å². The minimum atomic E-state index is 0.149. The molecule has 2 heterocycles. The number of fused-ring (bicyclic) bond motifs is 1. The second-order valence-electron chi connectivity index (χ2n) is 8.95. The van der Waals surface area contributed by atoms with Gasteiger partial charge in [0.1, 0.15) is 0 Å². The summed E-state index contributed by atoms with van der Waals surface area (Å²) in [6.07, 6.45) is 4.07. The Morgan fingerprint density at radius 3 is 2.57 bits per heavy atom. The summed E-state index contributed by atoms with van der Waals surface area (Å²) in [7, 11) is 0. The van der Waals surface area contributed by atoms with Crippen LogP contribution in [0.1, 0.15) is 16.7 Å². The Balaban J connectivity index is 1.36. The molecule has 0 aliphatic carbocycles. The van der Waals surface area contributed by atoms with E-state index in [1.54, 1.807) is 0 Å². The molecule has 1 aliphatic rings. The third-order valence-corrected chi connectivity index (χ3v) is 6.49. The second kappa shape index (κ2) is 10.2. The van der Waals surface area contributed by atoms with Crippen LogP contribution in [0.2, 0.25) is 0 Å². The van der Waals surface area contributed by atoms with Gasteiger partial charge in [-0.25, -0.2) is 0 Å². The van der Waals surface area contributed by atoms with Crippen molar-refractivity contribution in [3.8, 4) is 11.1 Å². The molecule has 1 saturated heterocycles. The molecule has 0 saturated carbocycles. The number of rotatable bonds is 7. The van der Waals surface area contributed by atoms with Gasteiger partial charge in [0, 0.05) is 60.6 Å². The molecule has 0 unspecified atom stereocenters. The molecule has 0 spiro atoms. The summed E-state index contributed by atoms with van der Waals surface area (Å²) >= 11 is 0. The molecule has 176 valence electrons. The van der Waals surface area contributed by atoms with Crippen LogP contribution in [0.25, 0.3) is 21.9 Å². The molecule has 1 aliphatic heterocycles. The topological polar surface area (TPSA) is 99.1 Å². The van der Waals surface area contributed by atoms with Gasteiger partial charge in [-0.1, -0.05) is 54.6 Å². The van der Waals surface area contributed by atoms with Crippen molar-refractivity contribution in [2.45, 2.75) is 13.0 Å². The van der Waals surface area contributed by atoms with Crippen LogP contribution in [0.4, 0.5) is 5.69 Å². The van der Waals surface area contributed by atoms with E-state index in [-0.39, 0.29) is 11.4 Å². The summed E-state index contributed by atoms with van der Waals surface area (Å²) in [6, 6.07) is 22.1. The van der Waals surface area contributed by atoms with E-state index in [1.807, 2.05) is 60.9 Å². The standard InChI is InChI=1S/C29H29N5O/c30-27-9-8-22(26-18-33-17-23-6-1-2-7-24(23)26)16-25(27)29(32)28(31)15-20-4-3-5-21(14-20)19-34-10-12-35-13-11-34/h1-9,14,16-18,31-32H,10-13,15,19,30H2. The fourth-order valence-electron chi connectivity index (χ4n) is 4.60. The van der Waals surface area contributed by atoms with Gasteiger partial charge in [-0.3, -0.25) is 15.3 Å². The van der Waals surface area contributed by atoms with E-state index in [0.29, 0.717) is 17.7 Å². The second-order valence-corrected chi connectivity index (χ2v) is 8.95. The fourth-order valence-corrected chi connectivity index (χ4v) is 4.60. The number of benzene rings is 3. The Labute approximate surface area is 205 Å². The van der Waals surface area contributed by atoms with Crippen molar-refractivity contribution in [2.24, 2.45) is 0 Å². The van der Waals surface area contributed by atoms with Gasteiger partial charge in [-0.2, -0.15) is 0 Å². The van der Waals surface area contributed by atoms with Gasteiger partial charge in [0.2, 0.25) is 0 Å². The molecule has 6 nitrogen and oxygen atoms in total.